The summed E-state index contributed by atoms with van der Waals surface area (Å²) in [6, 6.07) is 13.2. The molecule has 2 rings (SSSR count). The average Bonchev–Trinajstić information content (AvgIpc) is 2.51. The van der Waals surface area contributed by atoms with Crippen molar-refractivity contribution in [3.05, 3.63) is 54.3 Å². The van der Waals surface area contributed by atoms with Crippen molar-refractivity contribution in [3.8, 4) is 5.75 Å². The summed E-state index contributed by atoms with van der Waals surface area (Å²) in [5.74, 6) is 0.804. The molecule has 0 fully saturated rings. The van der Waals surface area contributed by atoms with E-state index in [0.717, 1.165) is 16.3 Å². The predicted molar refractivity (Wildman–Crippen MR) is 88.0 cm³/mol. The minimum absolute atomic E-state index is 0.242. The van der Waals surface area contributed by atoms with Crippen molar-refractivity contribution in [2.75, 3.05) is 11.1 Å². The lowest BCUT2D eigenvalue weighted by molar-refractivity contribution is -0.122. The summed E-state index contributed by atoms with van der Waals surface area (Å²) in [5.41, 5.74) is 0.772. The Labute approximate surface area is 133 Å². The SMILES string of the molecule is CCSc1ccccc1NC(=O)[C@@H](C)Oc1ccc(F)cc1. The lowest BCUT2D eigenvalue weighted by atomic mass is 10.3. The van der Waals surface area contributed by atoms with Crippen molar-refractivity contribution < 1.29 is 13.9 Å². The first kappa shape index (κ1) is 16.4. The van der Waals surface area contributed by atoms with Crippen LogP contribution in [-0.2, 0) is 4.79 Å². The number of thioether (sulfide) groups is 1. The van der Waals surface area contributed by atoms with E-state index in [1.807, 2.05) is 24.3 Å². The van der Waals surface area contributed by atoms with Gasteiger partial charge in [-0.25, -0.2) is 4.39 Å². The third-order valence-electron chi connectivity index (χ3n) is 2.94. The first-order valence-corrected chi connectivity index (χ1v) is 8.03. The molecule has 0 bridgehead atoms. The zero-order chi connectivity index (χ0) is 15.9. The molecule has 0 saturated heterocycles. The second-order valence-corrected chi connectivity index (χ2v) is 5.94. The van der Waals surface area contributed by atoms with Crippen molar-refractivity contribution >= 4 is 23.4 Å². The summed E-state index contributed by atoms with van der Waals surface area (Å²) in [6.07, 6.45) is -0.676. The monoisotopic (exact) mass is 319 g/mol. The minimum atomic E-state index is -0.676. The molecule has 3 nitrogen and oxygen atoms in total. The highest BCUT2D eigenvalue weighted by Gasteiger charge is 2.16. The van der Waals surface area contributed by atoms with E-state index in [1.54, 1.807) is 18.7 Å². The predicted octanol–water partition coefficient (Wildman–Crippen LogP) is 4.34. The van der Waals surface area contributed by atoms with E-state index in [0.29, 0.717) is 5.75 Å². The number of benzene rings is 2. The van der Waals surface area contributed by atoms with E-state index < -0.39 is 6.10 Å². The maximum atomic E-state index is 12.9. The molecule has 0 aliphatic rings. The highest BCUT2D eigenvalue weighted by atomic mass is 32.2. The summed E-state index contributed by atoms with van der Waals surface area (Å²) in [6.45, 7) is 3.72. The van der Waals surface area contributed by atoms with E-state index in [2.05, 4.69) is 12.2 Å². The van der Waals surface area contributed by atoms with Crippen molar-refractivity contribution in [1.82, 2.24) is 0 Å². The summed E-state index contributed by atoms with van der Waals surface area (Å²) in [4.78, 5) is 13.2. The van der Waals surface area contributed by atoms with Crippen LogP contribution in [-0.4, -0.2) is 17.8 Å². The van der Waals surface area contributed by atoms with Gasteiger partial charge in [-0.15, -0.1) is 11.8 Å². The minimum Gasteiger partial charge on any atom is -0.481 e. The van der Waals surface area contributed by atoms with Gasteiger partial charge in [0.1, 0.15) is 11.6 Å². The van der Waals surface area contributed by atoms with Gasteiger partial charge in [0.2, 0.25) is 0 Å². The van der Waals surface area contributed by atoms with Crippen LogP contribution in [0.4, 0.5) is 10.1 Å². The molecule has 2 aromatic rings. The molecule has 1 N–H and O–H groups in total. The number of nitrogens with one attached hydrogen (secondary N) is 1. The van der Waals surface area contributed by atoms with Crippen LogP contribution in [0.1, 0.15) is 13.8 Å². The van der Waals surface area contributed by atoms with E-state index >= 15 is 0 Å². The van der Waals surface area contributed by atoms with Crippen molar-refractivity contribution in [3.63, 3.8) is 0 Å². The van der Waals surface area contributed by atoms with Gasteiger partial charge in [0, 0.05) is 4.90 Å². The van der Waals surface area contributed by atoms with Crippen LogP contribution in [0.2, 0.25) is 0 Å². The fourth-order valence-corrected chi connectivity index (χ4v) is 2.62. The Bertz CT molecular complexity index is 631. The smallest absolute Gasteiger partial charge is 0.265 e. The number of anilines is 1. The number of carbonyl (C=O) groups is 1. The second kappa shape index (κ2) is 7.84. The fraction of sp³-hybridized carbons (Fsp3) is 0.235. The number of para-hydroxylation sites is 1. The quantitative estimate of drug-likeness (QED) is 0.805. The molecule has 1 atom stereocenters. The molecule has 0 aromatic heterocycles. The van der Waals surface area contributed by atoms with Crippen LogP contribution in [0, 0.1) is 5.82 Å². The topological polar surface area (TPSA) is 38.3 Å². The summed E-state index contributed by atoms with van der Waals surface area (Å²) in [7, 11) is 0. The van der Waals surface area contributed by atoms with Crippen LogP contribution in [0.3, 0.4) is 0 Å². The standard InChI is InChI=1S/C17H18FNO2S/c1-3-22-16-7-5-4-6-15(16)19-17(20)12(2)21-14-10-8-13(18)9-11-14/h4-12H,3H2,1-2H3,(H,19,20)/t12-/m1/s1. The van der Waals surface area contributed by atoms with Crippen molar-refractivity contribution in [2.24, 2.45) is 0 Å². The van der Waals surface area contributed by atoms with E-state index in [9.17, 15) is 9.18 Å². The Morgan fingerprint density at radius 1 is 1.23 bits per heavy atom. The molecule has 116 valence electrons. The molecule has 0 heterocycles. The number of hydrogen-bond acceptors (Lipinski definition) is 3. The third-order valence-corrected chi connectivity index (χ3v) is 3.90. The van der Waals surface area contributed by atoms with Gasteiger partial charge >= 0.3 is 0 Å². The summed E-state index contributed by atoms with van der Waals surface area (Å²) < 4.78 is 18.4. The van der Waals surface area contributed by atoms with Crippen LogP contribution in [0.15, 0.2) is 53.4 Å². The number of carbonyl (C=O) groups excluding carboxylic acids is 1. The summed E-state index contributed by atoms with van der Waals surface area (Å²) >= 11 is 1.66. The highest BCUT2D eigenvalue weighted by molar-refractivity contribution is 7.99. The third kappa shape index (κ3) is 4.49. The highest BCUT2D eigenvalue weighted by Crippen LogP contribution is 2.26. The van der Waals surface area contributed by atoms with E-state index in [1.165, 1.54) is 24.3 Å². The molecule has 5 heteroatoms. The number of halogens is 1. The van der Waals surface area contributed by atoms with Crippen LogP contribution < -0.4 is 10.1 Å². The van der Waals surface area contributed by atoms with Crippen molar-refractivity contribution in [1.29, 1.82) is 0 Å². The van der Waals surface area contributed by atoms with Gasteiger partial charge in [0.05, 0.1) is 5.69 Å². The molecule has 22 heavy (non-hydrogen) atoms. The van der Waals surface area contributed by atoms with Crippen LogP contribution >= 0.6 is 11.8 Å². The molecule has 1 amide bonds. The van der Waals surface area contributed by atoms with Gasteiger partial charge in [-0.05, 0) is 49.1 Å². The molecule has 0 aliphatic carbocycles. The number of rotatable bonds is 6. The normalized spacial score (nSPS) is 11.8. The molecule has 0 saturated carbocycles. The average molecular weight is 319 g/mol. The summed E-state index contributed by atoms with van der Waals surface area (Å²) in [5, 5.41) is 2.87. The first-order valence-electron chi connectivity index (χ1n) is 7.05. The van der Waals surface area contributed by atoms with Gasteiger partial charge in [-0.3, -0.25) is 4.79 Å². The van der Waals surface area contributed by atoms with Crippen molar-refractivity contribution in [2.45, 2.75) is 24.8 Å². The van der Waals surface area contributed by atoms with Gasteiger partial charge in [-0.1, -0.05) is 19.1 Å². The largest absolute Gasteiger partial charge is 0.481 e. The number of ether oxygens (including phenoxy) is 1. The zero-order valence-electron chi connectivity index (χ0n) is 12.5. The Morgan fingerprint density at radius 3 is 2.59 bits per heavy atom. The molecule has 2 aromatic carbocycles. The lowest BCUT2D eigenvalue weighted by Crippen LogP contribution is -2.30. The molecule has 0 unspecified atom stereocenters. The molecule has 0 spiro atoms. The maximum Gasteiger partial charge on any atom is 0.265 e. The van der Waals surface area contributed by atoms with Gasteiger partial charge in [-0.2, -0.15) is 0 Å². The Balaban J connectivity index is 2.01. The fourth-order valence-electron chi connectivity index (χ4n) is 1.86. The van der Waals surface area contributed by atoms with E-state index in [4.69, 9.17) is 4.74 Å². The van der Waals surface area contributed by atoms with Crippen LogP contribution in [0.5, 0.6) is 5.75 Å². The lowest BCUT2D eigenvalue weighted by Gasteiger charge is -2.16. The van der Waals surface area contributed by atoms with Gasteiger partial charge < -0.3 is 10.1 Å². The van der Waals surface area contributed by atoms with Gasteiger partial charge in [0.15, 0.2) is 6.10 Å². The zero-order valence-corrected chi connectivity index (χ0v) is 13.3. The molecular weight excluding hydrogens is 301 g/mol. The molecule has 0 aliphatic heterocycles. The first-order chi connectivity index (χ1) is 10.6. The van der Waals surface area contributed by atoms with Gasteiger partial charge in [0.25, 0.3) is 5.91 Å². The Morgan fingerprint density at radius 2 is 1.91 bits per heavy atom. The Kier molecular flexibility index (Phi) is 5.83. The molecular formula is C17H18FNO2S. The second-order valence-electron chi connectivity index (χ2n) is 4.63. The maximum absolute atomic E-state index is 12.9. The molecule has 0 radical (unpaired) electrons. The number of amides is 1. The number of hydrogen-bond donors (Lipinski definition) is 1. The Hall–Kier alpha value is -2.01. The van der Waals surface area contributed by atoms with Crippen LogP contribution in [0.25, 0.3) is 0 Å². The van der Waals surface area contributed by atoms with E-state index in [-0.39, 0.29) is 11.7 Å².